The zero-order valence-corrected chi connectivity index (χ0v) is 15.1. The fourth-order valence-corrected chi connectivity index (χ4v) is 3.11. The van der Waals surface area contributed by atoms with Crippen LogP contribution in [0.4, 0.5) is 0 Å². The molecule has 0 spiro atoms. The Balaban J connectivity index is 1.79. The summed E-state index contributed by atoms with van der Waals surface area (Å²) in [5.41, 5.74) is 1.35. The summed E-state index contributed by atoms with van der Waals surface area (Å²) in [4.78, 5) is 7.30. The third-order valence-electron chi connectivity index (χ3n) is 4.44. The van der Waals surface area contributed by atoms with E-state index in [1.54, 1.807) is 7.11 Å². The van der Waals surface area contributed by atoms with Crippen molar-refractivity contribution in [3.05, 3.63) is 35.9 Å². The van der Waals surface area contributed by atoms with E-state index in [2.05, 4.69) is 52.8 Å². The van der Waals surface area contributed by atoms with E-state index in [1.165, 1.54) is 24.9 Å². The number of aliphatic imine (C=N–C) groups is 1. The van der Waals surface area contributed by atoms with Crippen LogP contribution in [0, 0.1) is 0 Å². The molecule has 2 N–H and O–H groups in total. The van der Waals surface area contributed by atoms with Crippen molar-refractivity contribution in [1.82, 2.24) is 15.5 Å². The van der Waals surface area contributed by atoms with Crippen molar-refractivity contribution >= 4 is 5.96 Å². The lowest BCUT2D eigenvalue weighted by molar-refractivity contribution is 0.142. The van der Waals surface area contributed by atoms with Gasteiger partial charge in [0.1, 0.15) is 0 Å². The summed E-state index contributed by atoms with van der Waals surface area (Å²) in [6.07, 6.45) is 3.51. The van der Waals surface area contributed by atoms with Crippen LogP contribution in [0.15, 0.2) is 35.3 Å². The Morgan fingerprint density at radius 3 is 2.88 bits per heavy atom. The zero-order valence-electron chi connectivity index (χ0n) is 15.1. The summed E-state index contributed by atoms with van der Waals surface area (Å²) < 4.78 is 5.21. The molecular weight excluding hydrogens is 300 g/mol. The predicted molar refractivity (Wildman–Crippen MR) is 101 cm³/mol. The monoisotopic (exact) mass is 332 g/mol. The number of benzene rings is 1. The average Bonchev–Trinajstić information content (AvgIpc) is 3.06. The fourth-order valence-electron chi connectivity index (χ4n) is 3.11. The van der Waals surface area contributed by atoms with Crippen LogP contribution in [0.2, 0.25) is 0 Å². The molecule has 1 aromatic rings. The number of rotatable bonds is 9. The molecule has 1 aromatic carbocycles. The largest absolute Gasteiger partial charge is 0.383 e. The van der Waals surface area contributed by atoms with E-state index in [0.717, 1.165) is 45.2 Å². The summed E-state index contributed by atoms with van der Waals surface area (Å²) in [5, 5.41) is 6.79. The average molecular weight is 332 g/mol. The number of nitrogens with zero attached hydrogens (tertiary/aromatic N) is 2. The van der Waals surface area contributed by atoms with Crippen LogP contribution in [0.5, 0.6) is 0 Å². The molecule has 24 heavy (non-hydrogen) atoms. The molecular formula is C19H32N4O. The molecule has 5 nitrogen and oxygen atoms in total. The molecule has 1 saturated heterocycles. The molecule has 1 aliphatic rings. The van der Waals surface area contributed by atoms with E-state index in [1.807, 2.05) is 0 Å². The second-order valence-electron chi connectivity index (χ2n) is 6.21. The molecule has 1 fully saturated rings. The minimum absolute atomic E-state index is 0.546. The Hall–Kier alpha value is -1.59. The second kappa shape index (κ2) is 11.0. The number of guanidine groups is 1. The first-order valence-electron chi connectivity index (χ1n) is 9.12. The number of nitrogens with one attached hydrogen (secondary N) is 2. The Morgan fingerprint density at radius 2 is 2.12 bits per heavy atom. The van der Waals surface area contributed by atoms with Crippen molar-refractivity contribution in [3.8, 4) is 0 Å². The van der Waals surface area contributed by atoms with Gasteiger partial charge in [-0.05, 0) is 38.3 Å². The molecule has 5 heteroatoms. The van der Waals surface area contributed by atoms with Crippen molar-refractivity contribution in [2.45, 2.75) is 32.2 Å². The lowest BCUT2D eigenvalue weighted by atomic mass is 10.1. The minimum Gasteiger partial charge on any atom is -0.383 e. The molecule has 2 rings (SSSR count). The van der Waals surface area contributed by atoms with Crippen LogP contribution in [-0.4, -0.2) is 63.3 Å². The van der Waals surface area contributed by atoms with Crippen LogP contribution in [-0.2, 0) is 11.2 Å². The van der Waals surface area contributed by atoms with Gasteiger partial charge in [0, 0.05) is 32.8 Å². The third kappa shape index (κ3) is 6.49. The van der Waals surface area contributed by atoms with Gasteiger partial charge in [-0.2, -0.15) is 0 Å². The number of hydrogen-bond donors (Lipinski definition) is 2. The summed E-state index contributed by atoms with van der Waals surface area (Å²) in [6.45, 7) is 7.72. The fraction of sp³-hybridized carbons (Fsp3) is 0.632. The Bertz CT molecular complexity index is 478. The highest BCUT2D eigenvalue weighted by atomic mass is 16.5. The van der Waals surface area contributed by atoms with Gasteiger partial charge in [-0.1, -0.05) is 30.3 Å². The zero-order chi connectivity index (χ0) is 17.0. The van der Waals surface area contributed by atoms with Crippen LogP contribution >= 0.6 is 0 Å². The van der Waals surface area contributed by atoms with Crippen molar-refractivity contribution < 1.29 is 4.74 Å². The second-order valence-corrected chi connectivity index (χ2v) is 6.21. The van der Waals surface area contributed by atoms with Gasteiger partial charge in [-0.3, -0.25) is 9.89 Å². The van der Waals surface area contributed by atoms with Gasteiger partial charge in [-0.25, -0.2) is 0 Å². The smallest absolute Gasteiger partial charge is 0.191 e. The molecule has 134 valence electrons. The number of likely N-dealkylation sites (tertiary alicyclic amines) is 1. The summed E-state index contributed by atoms with van der Waals surface area (Å²) >= 11 is 0. The van der Waals surface area contributed by atoms with Gasteiger partial charge in [0.2, 0.25) is 0 Å². The molecule has 1 unspecified atom stereocenters. The predicted octanol–water partition coefficient (Wildman–Crippen LogP) is 1.90. The van der Waals surface area contributed by atoms with Gasteiger partial charge in [0.05, 0.1) is 13.2 Å². The Morgan fingerprint density at radius 1 is 1.29 bits per heavy atom. The van der Waals surface area contributed by atoms with E-state index in [4.69, 9.17) is 9.73 Å². The van der Waals surface area contributed by atoms with E-state index in [-0.39, 0.29) is 0 Å². The van der Waals surface area contributed by atoms with Crippen molar-refractivity contribution in [1.29, 1.82) is 0 Å². The third-order valence-corrected chi connectivity index (χ3v) is 4.44. The number of hydrogen-bond acceptors (Lipinski definition) is 3. The normalized spacial score (nSPS) is 18.8. The van der Waals surface area contributed by atoms with Gasteiger partial charge in [0.25, 0.3) is 0 Å². The molecule has 0 aromatic heterocycles. The molecule has 0 saturated carbocycles. The first-order chi connectivity index (χ1) is 11.8. The van der Waals surface area contributed by atoms with Crippen LogP contribution in [0.1, 0.15) is 25.3 Å². The lowest BCUT2D eigenvalue weighted by Crippen LogP contribution is -2.40. The van der Waals surface area contributed by atoms with Crippen LogP contribution in [0.25, 0.3) is 0 Å². The van der Waals surface area contributed by atoms with Crippen molar-refractivity contribution in [2.75, 3.05) is 46.4 Å². The highest BCUT2D eigenvalue weighted by Gasteiger charge is 2.23. The number of ether oxygens (including phenoxy) is 1. The molecule has 0 radical (unpaired) electrons. The Labute approximate surface area is 146 Å². The van der Waals surface area contributed by atoms with Gasteiger partial charge in [0.15, 0.2) is 5.96 Å². The summed E-state index contributed by atoms with van der Waals surface area (Å²) in [6, 6.07) is 11.1. The topological polar surface area (TPSA) is 48.9 Å². The molecule has 1 atom stereocenters. The van der Waals surface area contributed by atoms with E-state index in [9.17, 15) is 0 Å². The molecule has 1 aliphatic heterocycles. The van der Waals surface area contributed by atoms with Crippen LogP contribution < -0.4 is 10.6 Å². The van der Waals surface area contributed by atoms with Crippen molar-refractivity contribution in [3.63, 3.8) is 0 Å². The SMILES string of the molecule is CCNC(=NCC1CCCN1CCOC)NCCc1ccccc1. The van der Waals surface area contributed by atoms with Crippen LogP contribution in [0.3, 0.4) is 0 Å². The summed E-state index contributed by atoms with van der Waals surface area (Å²) in [5.74, 6) is 0.923. The first kappa shape index (κ1) is 18.7. The molecule has 0 aliphatic carbocycles. The molecule has 0 bridgehead atoms. The number of methoxy groups -OCH3 is 1. The minimum atomic E-state index is 0.546. The van der Waals surface area contributed by atoms with Gasteiger partial charge >= 0.3 is 0 Å². The highest BCUT2D eigenvalue weighted by Crippen LogP contribution is 2.16. The van der Waals surface area contributed by atoms with E-state index >= 15 is 0 Å². The van der Waals surface area contributed by atoms with Gasteiger partial charge in [-0.15, -0.1) is 0 Å². The maximum Gasteiger partial charge on any atom is 0.191 e. The maximum atomic E-state index is 5.21. The van der Waals surface area contributed by atoms with Gasteiger partial charge < -0.3 is 15.4 Å². The lowest BCUT2D eigenvalue weighted by Gasteiger charge is -2.23. The highest BCUT2D eigenvalue weighted by molar-refractivity contribution is 5.79. The van der Waals surface area contributed by atoms with E-state index < -0.39 is 0 Å². The summed E-state index contributed by atoms with van der Waals surface area (Å²) in [7, 11) is 1.77. The standard InChI is InChI=1S/C19H32N4O/c1-3-20-19(21-12-11-17-8-5-4-6-9-17)22-16-18-10-7-13-23(18)14-15-24-2/h4-6,8-9,18H,3,7,10-16H2,1-2H3,(H2,20,21,22). The van der Waals surface area contributed by atoms with Crippen molar-refractivity contribution in [2.24, 2.45) is 4.99 Å². The molecule has 0 amide bonds. The quantitative estimate of drug-likeness (QED) is 0.536. The van der Waals surface area contributed by atoms with E-state index in [0.29, 0.717) is 6.04 Å². The maximum absolute atomic E-state index is 5.21. The first-order valence-corrected chi connectivity index (χ1v) is 9.12. The Kier molecular flexibility index (Phi) is 8.63. The molecule has 1 heterocycles.